The third-order valence-electron chi connectivity index (χ3n) is 3.36. The molecule has 1 aliphatic rings. The van der Waals surface area contributed by atoms with Crippen molar-refractivity contribution < 1.29 is 9.53 Å². The second kappa shape index (κ2) is 5.13. The van der Waals surface area contributed by atoms with E-state index in [2.05, 4.69) is 4.98 Å². The average Bonchev–Trinajstić information content (AvgIpc) is 2.79. The number of rotatable bonds is 2. The molecule has 1 aliphatic heterocycles. The van der Waals surface area contributed by atoms with Gasteiger partial charge in [0.05, 0.1) is 23.5 Å². The van der Waals surface area contributed by atoms with E-state index in [1.165, 1.54) is 7.11 Å². The zero-order chi connectivity index (χ0) is 14.1. The monoisotopic (exact) mass is 288 g/mol. The summed E-state index contributed by atoms with van der Waals surface area (Å²) in [6.45, 7) is 0.784. The number of hydrogen-bond acceptors (Lipinski definition) is 3. The molecule has 0 atom stereocenters. The van der Waals surface area contributed by atoms with Crippen LogP contribution in [0.15, 0.2) is 30.6 Å². The second-order valence-corrected chi connectivity index (χ2v) is 4.88. The van der Waals surface area contributed by atoms with Crippen LogP contribution < -0.4 is 0 Å². The molecular weight excluding hydrogens is 276 g/mol. The molecule has 5 heteroatoms. The number of esters is 1. The number of carbonyl (C=O) groups excluding carboxylic acids is 1. The summed E-state index contributed by atoms with van der Waals surface area (Å²) in [5, 5.41) is 0.423. The number of carbonyl (C=O) groups is 1. The summed E-state index contributed by atoms with van der Waals surface area (Å²) in [5.74, 6) is -0.416. The van der Waals surface area contributed by atoms with Gasteiger partial charge in [0.2, 0.25) is 0 Å². The second-order valence-electron chi connectivity index (χ2n) is 4.50. The van der Waals surface area contributed by atoms with E-state index in [-0.39, 0.29) is 0 Å². The van der Waals surface area contributed by atoms with Gasteiger partial charge in [0.25, 0.3) is 0 Å². The highest BCUT2D eigenvalue weighted by Crippen LogP contribution is 2.38. The van der Waals surface area contributed by atoms with E-state index in [0.717, 1.165) is 29.9 Å². The molecule has 3 rings (SSSR count). The van der Waals surface area contributed by atoms with E-state index < -0.39 is 5.97 Å². The van der Waals surface area contributed by atoms with Crippen LogP contribution in [0.4, 0.5) is 0 Å². The quantitative estimate of drug-likeness (QED) is 0.796. The Labute approximate surface area is 121 Å². The average molecular weight is 289 g/mol. The predicted octanol–water partition coefficient (Wildman–Crippen LogP) is 3.41. The van der Waals surface area contributed by atoms with Crippen LogP contribution in [0.2, 0.25) is 5.02 Å². The van der Waals surface area contributed by atoms with Crippen LogP contribution in [0.25, 0.3) is 17.3 Å². The molecule has 0 aliphatic carbocycles. The fourth-order valence-corrected chi connectivity index (χ4v) is 2.88. The molecule has 0 spiro atoms. The Morgan fingerprint density at radius 3 is 3.05 bits per heavy atom. The van der Waals surface area contributed by atoms with E-state index in [1.54, 1.807) is 12.4 Å². The van der Waals surface area contributed by atoms with Crippen LogP contribution >= 0.6 is 11.6 Å². The third-order valence-corrected chi connectivity index (χ3v) is 3.73. The summed E-state index contributed by atoms with van der Waals surface area (Å²) in [7, 11) is 1.36. The first-order chi connectivity index (χ1) is 9.74. The Morgan fingerprint density at radius 2 is 2.35 bits per heavy atom. The molecule has 0 radical (unpaired) electrons. The number of fused-ring (bicyclic) bond motifs is 1. The van der Waals surface area contributed by atoms with E-state index in [9.17, 15) is 4.79 Å². The maximum absolute atomic E-state index is 12.0. The molecule has 2 aromatic heterocycles. The number of halogens is 1. The maximum atomic E-state index is 12.0. The van der Waals surface area contributed by atoms with Gasteiger partial charge in [-0.1, -0.05) is 17.7 Å². The smallest absolute Gasteiger partial charge is 0.341 e. The van der Waals surface area contributed by atoms with Crippen LogP contribution in [-0.2, 0) is 11.3 Å². The molecule has 0 aromatic carbocycles. The minimum absolute atomic E-state index is 0.416. The number of methoxy groups -OCH3 is 1. The number of pyridine rings is 1. The van der Waals surface area contributed by atoms with Crippen molar-refractivity contribution in [3.05, 3.63) is 46.9 Å². The fourth-order valence-electron chi connectivity index (χ4n) is 2.49. The molecule has 0 bridgehead atoms. The molecule has 0 unspecified atom stereocenters. The molecule has 3 heterocycles. The van der Waals surface area contributed by atoms with Crippen molar-refractivity contribution >= 4 is 23.6 Å². The van der Waals surface area contributed by atoms with Gasteiger partial charge < -0.3 is 9.30 Å². The lowest BCUT2D eigenvalue weighted by atomic mass is 10.1. The van der Waals surface area contributed by atoms with Gasteiger partial charge in [0.15, 0.2) is 0 Å². The molecule has 0 fully saturated rings. The molecule has 102 valence electrons. The number of nitrogens with zero attached hydrogens (tertiary/aromatic N) is 2. The Balaban J connectivity index is 2.28. The van der Waals surface area contributed by atoms with Gasteiger partial charge in [0, 0.05) is 24.5 Å². The summed E-state index contributed by atoms with van der Waals surface area (Å²) < 4.78 is 6.89. The fraction of sp³-hybridized carbons (Fsp3) is 0.200. The molecular formula is C15H13ClN2O2. The van der Waals surface area contributed by atoms with Gasteiger partial charge in [-0.05, 0) is 24.6 Å². The normalized spacial score (nSPS) is 13.1. The lowest BCUT2D eigenvalue weighted by Gasteiger charge is -2.14. The first-order valence-corrected chi connectivity index (χ1v) is 6.69. The Bertz CT molecular complexity index is 690. The molecule has 0 saturated heterocycles. The van der Waals surface area contributed by atoms with Crippen LogP contribution in [0.1, 0.15) is 22.5 Å². The van der Waals surface area contributed by atoms with Gasteiger partial charge in [-0.15, -0.1) is 0 Å². The van der Waals surface area contributed by atoms with E-state index in [4.69, 9.17) is 16.3 Å². The zero-order valence-electron chi connectivity index (χ0n) is 11.0. The van der Waals surface area contributed by atoms with Crippen molar-refractivity contribution in [2.75, 3.05) is 7.11 Å². The van der Waals surface area contributed by atoms with E-state index in [1.807, 2.05) is 28.9 Å². The Morgan fingerprint density at radius 1 is 1.50 bits per heavy atom. The highest BCUT2D eigenvalue weighted by atomic mass is 35.5. The largest absolute Gasteiger partial charge is 0.465 e. The molecule has 0 N–H and O–H groups in total. The number of ether oxygens (including phenoxy) is 1. The van der Waals surface area contributed by atoms with Crippen molar-refractivity contribution in [3.8, 4) is 11.3 Å². The van der Waals surface area contributed by atoms with Gasteiger partial charge in [-0.25, -0.2) is 4.79 Å². The van der Waals surface area contributed by atoms with Crippen LogP contribution in [0.3, 0.4) is 0 Å². The van der Waals surface area contributed by atoms with Gasteiger partial charge in [-0.2, -0.15) is 0 Å². The van der Waals surface area contributed by atoms with Gasteiger partial charge in [-0.3, -0.25) is 4.98 Å². The lowest BCUT2D eigenvalue weighted by molar-refractivity contribution is 0.0600. The number of aromatic nitrogens is 2. The summed E-state index contributed by atoms with van der Waals surface area (Å²) in [4.78, 5) is 16.1. The SMILES string of the molecule is COC(=O)c1c(Cl)c(-c2cccnc2)n2c1C=CCC2. The molecule has 0 saturated carbocycles. The van der Waals surface area contributed by atoms with Crippen molar-refractivity contribution in [1.82, 2.24) is 9.55 Å². The van der Waals surface area contributed by atoms with Gasteiger partial charge in [0.1, 0.15) is 5.56 Å². The molecule has 20 heavy (non-hydrogen) atoms. The van der Waals surface area contributed by atoms with Crippen molar-refractivity contribution in [2.24, 2.45) is 0 Å². The number of allylic oxidation sites excluding steroid dienone is 1. The minimum atomic E-state index is -0.416. The van der Waals surface area contributed by atoms with E-state index in [0.29, 0.717) is 10.6 Å². The van der Waals surface area contributed by atoms with Crippen LogP contribution in [0, 0.1) is 0 Å². The third kappa shape index (κ3) is 1.93. The first-order valence-electron chi connectivity index (χ1n) is 6.31. The number of hydrogen-bond donors (Lipinski definition) is 0. The Hall–Kier alpha value is -2.07. The van der Waals surface area contributed by atoms with Crippen LogP contribution in [0.5, 0.6) is 0 Å². The summed E-state index contributed by atoms with van der Waals surface area (Å²) in [5.41, 5.74) is 2.93. The van der Waals surface area contributed by atoms with Crippen molar-refractivity contribution in [1.29, 1.82) is 0 Å². The maximum Gasteiger partial charge on any atom is 0.341 e. The highest BCUT2D eigenvalue weighted by molar-refractivity contribution is 6.36. The predicted molar refractivity (Wildman–Crippen MR) is 77.7 cm³/mol. The van der Waals surface area contributed by atoms with E-state index >= 15 is 0 Å². The molecule has 2 aromatic rings. The molecule has 0 amide bonds. The molecule has 4 nitrogen and oxygen atoms in total. The summed E-state index contributed by atoms with van der Waals surface area (Å²) >= 11 is 6.44. The van der Waals surface area contributed by atoms with Gasteiger partial charge >= 0.3 is 5.97 Å². The summed E-state index contributed by atoms with van der Waals surface area (Å²) in [6, 6.07) is 3.78. The summed E-state index contributed by atoms with van der Waals surface area (Å²) in [6.07, 6.45) is 8.31. The first kappa shape index (κ1) is 12.9. The van der Waals surface area contributed by atoms with Crippen molar-refractivity contribution in [2.45, 2.75) is 13.0 Å². The zero-order valence-corrected chi connectivity index (χ0v) is 11.7. The lowest BCUT2D eigenvalue weighted by Crippen LogP contribution is -2.08. The van der Waals surface area contributed by atoms with Crippen molar-refractivity contribution in [3.63, 3.8) is 0 Å². The van der Waals surface area contributed by atoms with Crippen LogP contribution in [-0.4, -0.2) is 22.6 Å². The highest BCUT2D eigenvalue weighted by Gasteiger charge is 2.27. The standard InChI is InChI=1S/C15H13ClN2O2/c1-20-15(19)12-11-6-2-3-8-18(11)14(13(12)16)10-5-4-7-17-9-10/h2,4-7,9H,3,8H2,1H3. The Kier molecular flexibility index (Phi) is 3.32. The minimum Gasteiger partial charge on any atom is -0.465 e. The topological polar surface area (TPSA) is 44.1 Å².